The first-order valence-electron chi connectivity index (χ1n) is 6.88. The number of benzene rings is 1. The highest BCUT2D eigenvalue weighted by Gasteiger charge is 2.13. The lowest BCUT2D eigenvalue weighted by Gasteiger charge is -2.16. The van der Waals surface area contributed by atoms with E-state index in [1.54, 1.807) is 0 Å². The molecule has 0 bridgehead atoms. The molecule has 3 heteroatoms. The molecule has 0 spiro atoms. The van der Waals surface area contributed by atoms with Gasteiger partial charge in [0.2, 0.25) is 0 Å². The lowest BCUT2D eigenvalue weighted by Crippen LogP contribution is -2.11. The van der Waals surface area contributed by atoms with Crippen molar-refractivity contribution in [3.8, 4) is 0 Å². The van der Waals surface area contributed by atoms with E-state index in [-0.39, 0.29) is 0 Å². The van der Waals surface area contributed by atoms with Crippen molar-refractivity contribution in [1.82, 2.24) is 0 Å². The Morgan fingerprint density at radius 1 is 1.17 bits per heavy atom. The highest BCUT2D eigenvalue weighted by atomic mass is 79.9. The summed E-state index contributed by atoms with van der Waals surface area (Å²) >= 11 is 3.59. The predicted octanol–water partition coefficient (Wildman–Crippen LogP) is 4.15. The summed E-state index contributed by atoms with van der Waals surface area (Å²) in [6, 6.07) is 6.28. The van der Waals surface area contributed by atoms with Gasteiger partial charge in [-0.05, 0) is 30.0 Å². The van der Waals surface area contributed by atoms with Crippen LogP contribution in [0.5, 0.6) is 0 Å². The molecule has 1 fully saturated rings. The molecule has 0 aliphatic heterocycles. The lowest BCUT2D eigenvalue weighted by molar-refractivity contribution is 0.0307. The zero-order chi connectivity index (χ0) is 12.8. The smallest absolute Gasteiger partial charge is 0.0731 e. The van der Waals surface area contributed by atoms with E-state index in [1.807, 2.05) is 0 Å². The molecule has 0 saturated heterocycles. The number of hydrogen-bond acceptors (Lipinski definition) is 2. The summed E-state index contributed by atoms with van der Waals surface area (Å²) in [5.41, 5.74) is 8.00. The van der Waals surface area contributed by atoms with E-state index in [2.05, 4.69) is 34.1 Å². The Labute approximate surface area is 118 Å². The minimum Gasteiger partial charge on any atom is -0.374 e. The maximum atomic E-state index is 6.04. The van der Waals surface area contributed by atoms with E-state index in [0.717, 1.165) is 10.0 Å². The maximum absolute atomic E-state index is 6.04. The topological polar surface area (TPSA) is 35.2 Å². The van der Waals surface area contributed by atoms with Gasteiger partial charge >= 0.3 is 0 Å². The van der Waals surface area contributed by atoms with Gasteiger partial charge in [0, 0.05) is 11.0 Å². The van der Waals surface area contributed by atoms with Crippen LogP contribution in [0.25, 0.3) is 0 Å². The minimum atomic E-state index is 0.452. The van der Waals surface area contributed by atoms with Gasteiger partial charge in [0.15, 0.2) is 0 Å². The van der Waals surface area contributed by atoms with Gasteiger partial charge in [0.05, 0.1) is 12.7 Å². The van der Waals surface area contributed by atoms with Crippen molar-refractivity contribution in [3.63, 3.8) is 0 Å². The number of nitrogens with two attached hydrogens (primary N) is 1. The molecule has 0 amide bonds. The molecule has 0 aromatic heterocycles. The molecule has 1 saturated carbocycles. The van der Waals surface area contributed by atoms with Crippen LogP contribution in [-0.4, -0.2) is 6.10 Å². The number of hydrogen-bond donors (Lipinski definition) is 1. The van der Waals surface area contributed by atoms with Crippen molar-refractivity contribution >= 4 is 15.9 Å². The van der Waals surface area contributed by atoms with Gasteiger partial charge in [0.25, 0.3) is 0 Å². The van der Waals surface area contributed by atoms with Crippen molar-refractivity contribution in [2.45, 2.75) is 57.8 Å². The van der Waals surface area contributed by atoms with E-state index in [0.29, 0.717) is 19.3 Å². The molecule has 100 valence electrons. The van der Waals surface area contributed by atoms with Crippen molar-refractivity contribution in [1.29, 1.82) is 0 Å². The first kappa shape index (κ1) is 14.0. The normalized spacial score (nSPS) is 17.7. The molecule has 1 aromatic carbocycles. The molecule has 0 atom stereocenters. The molecular weight excluding hydrogens is 290 g/mol. The van der Waals surface area contributed by atoms with E-state index in [9.17, 15) is 0 Å². The van der Waals surface area contributed by atoms with Crippen LogP contribution in [0, 0.1) is 0 Å². The summed E-state index contributed by atoms with van der Waals surface area (Å²) in [4.78, 5) is 0. The Morgan fingerprint density at radius 2 is 1.89 bits per heavy atom. The second-order valence-electron chi connectivity index (χ2n) is 5.05. The minimum absolute atomic E-state index is 0.452. The molecule has 2 N–H and O–H groups in total. The average molecular weight is 312 g/mol. The number of rotatable bonds is 4. The fraction of sp³-hybridized carbons (Fsp3) is 0.600. The first-order valence-corrected chi connectivity index (χ1v) is 7.68. The van der Waals surface area contributed by atoms with Gasteiger partial charge in [-0.2, -0.15) is 0 Å². The largest absolute Gasteiger partial charge is 0.374 e. The summed E-state index contributed by atoms with van der Waals surface area (Å²) < 4.78 is 7.15. The van der Waals surface area contributed by atoms with Gasteiger partial charge in [0.1, 0.15) is 0 Å². The van der Waals surface area contributed by atoms with Crippen LogP contribution in [0.1, 0.15) is 49.7 Å². The van der Waals surface area contributed by atoms with Crippen LogP contribution in [0.4, 0.5) is 0 Å². The predicted molar refractivity (Wildman–Crippen MR) is 78.3 cm³/mol. The fourth-order valence-corrected chi connectivity index (χ4v) is 2.99. The van der Waals surface area contributed by atoms with Crippen molar-refractivity contribution in [3.05, 3.63) is 33.8 Å². The van der Waals surface area contributed by atoms with Gasteiger partial charge in [-0.15, -0.1) is 0 Å². The Bertz CT molecular complexity index is 373. The molecule has 2 rings (SSSR count). The maximum Gasteiger partial charge on any atom is 0.0731 e. The van der Waals surface area contributed by atoms with E-state index in [1.165, 1.54) is 44.1 Å². The zero-order valence-corrected chi connectivity index (χ0v) is 12.4. The third-order valence-corrected chi connectivity index (χ3v) is 4.37. The van der Waals surface area contributed by atoms with Crippen LogP contribution in [0.2, 0.25) is 0 Å². The standard InChI is InChI=1S/C15H22BrNO/c16-15-9-12(10-17)7-8-13(15)11-18-14-5-3-1-2-4-6-14/h7-9,14H,1-6,10-11,17H2. The lowest BCUT2D eigenvalue weighted by atomic mass is 10.1. The van der Waals surface area contributed by atoms with Crippen LogP contribution >= 0.6 is 15.9 Å². The zero-order valence-electron chi connectivity index (χ0n) is 10.8. The van der Waals surface area contributed by atoms with Crippen molar-refractivity contribution in [2.24, 2.45) is 5.73 Å². The van der Waals surface area contributed by atoms with Crippen LogP contribution in [0.3, 0.4) is 0 Å². The Balaban J connectivity index is 1.88. The molecule has 2 nitrogen and oxygen atoms in total. The Morgan fingerprint density at radius 3 is 2.50 bits per heavy atom. The molecule has 0 unspecified atom stereocenters. The van der Waals surface area contributed by atoms with Gasteiger partial charge in [-0.1, -0.05) is 53.7 Å². The van der Waals surface area contributed by atoms with E-state index >= 15 is 0 Å². The second kappa shape index (κ2) is 7.27. The highest BCUT2D eigenvalue weighted by Crippen LogP contribution is 2.24. The van der Waals surface area contributed by atoms with Crippen molar-refractivity contribution < 1.29 is 4.74 Å². The summed E-state index contributed by atoms with van der Waals surface area (Å²) in [6.45, 7) is 1.29. The van der Waals surface area contributed by atoms with Gasteiger partial charge in [-0.3, -0.25) is 0 Å². The second-order valence-corrected chi connectivity index (χ2v) is 5.91. The monoisotopic (exact) mass is 311 g/mol. The first-order chi connectivity index (χ1) is 8.79. The molecule has 1 aromatic rings. The highest BCUT2D eigenvalue weighted by molar-refractivity contribution is 9.10. The summed E-state index contributed by atoms with van der Waals surface area (Å²) in [6.07, 6.45) is 8.27. The molecular formula is C15H22BrNO. The van der Waals surface area contributed by atoms with Crippen LogP contribution < -0.4 is 5.73 Å². The van der Waals surface area contributed by atoms with Crippen LogP contribution in [-0.2, 0) is 17.9 Å². The summed E-state index contributed by atoms with van der Waals surface area (Å²) in [5.74, 6) is 0. The third-order valence-electron chi connectivity index (χ3n) is 3.63. The summed E-state index contributed by atoms with van der Waals surface area (Å²) in [7, 11) is 0. The Kier molecular flexibility index (Phi) is 5.67. The number of ether oxygens (including phenoxy) is 1. The van der Waals surface area contributed by atoms with E-state index < -0.39 is 0 Å². The Hall–Kier alpha value is -0.380. The average Bonchev–Trinajstić information content (AvgIpc) is 2.66. The fourth-order valence-electron chi connectivity index (χ4n) is 2.45. The third kappa shape index (κ3) is 4.08. The summed E-state index contributed by atoms with van der Waals surface area (Å²) in [5, 5.41) is 0. The molecule has 0 radical (unpaired) electrons. The van der Waals surface area contributed by atoms with Crippen LogP contribution in [0.15, 0.2) is 22.7 Å². The molecule has 18 heavy (non-hydrogen) atoms. The van der Waals surface area contributed by atoms with Crippen molar-refractivity contribution in [2.75, 3.05) is 0 Å². The molecule has 1 aliphatic carbocycles. The van der Waals surface area contributed by atoms with E-state index in [4.69, 9.17) is 10.5 Å². The SMILES string of the molecule is NCc1ccc(COC2CCCCCC2)c(Br)c1. The van der Waals surface area contributed by atoms with Gasteiger partial charge in [-0.25, -0.2) is 0 Å². The number of halogens is 1. The molecule has 0 heterocycles. The quantitative estimate of drug-likeness (QED) is 0.848. The van der Waals surface area contributed by atoms with Gasteiger partial charge < -0.3 is 10.5 Å². The molecule has 1 aliphatic rings.